The predicted octanol–water partition coefficient (Wildman–Crippen LogP) is 2.68. The smallest absolute Gasteiger partial charge is 0.123 e. The molecule has 1 aromatic carbocycles. The lowest BCUT2D eigenvalue weighted by Crippen LogP contribution is -2.19. The molecule has 3 rings (SSSR count). The van der Waals surface area contributed by atoms with Gasteiger partial charge < -0.3 is 5.32 Å². The van der Waals surface area contributed by atoms with Crippen LogP contribution in [0.1, 0.15) is 30.7 Å². The monoisotopic (exact) mass is 205 g/mol. The summed E-state index contributed by atoms with van der Waals surface area (Å²) in [6, 6.07) is 7.80. The molecular formula is C13H16FN. The maximum absolute atomic E-state index is 12.7. The van der Waals surface area contributed by atoms with Gasteiger partial charge in [0.25, 0.3) is 0 Å². The highest BCUT2D eigenvalue weighted by atomic mass is 19.1. The van der Waals surface area contributed by atoms with Crippen molar-refractivity contribution in [1.29, 1.82) is 0 Å². The van der Waals surface area contributed by atoms with Crippen LogP contribution in [0.5, 0.6) is 0 Å². The van der Waals surface area contributed by atoms with Gasteiger partial charge >= 0.3 is 0 Å². The van der Waals surface area contributed by atoms with Gasteiger partial charge in [-0.3, -0.25) is 0 Å². The van der Waals surface area contributed by atoms with Gasteiger partial charge in [-0.15, -0.1) is 0 Å². The van der Waals surface area contributed by atoms with Crippen molar-refractivity contribution in [2.75, 3.05) is 6.54 Å². The van der Waals surface area contributed by atoms with Gasteiger partial charge in [0.05, 0.1) is 0 Å². The summed E-state index contributed by atoms with van der Waals surface area (Å²) in [6.45, 7) is 1.15. The fourth-order valence-corrected chi connectivity index (χ4v) is 2.20. The van der Waals surface area contributed by atoms with E-state index in [9.17, 15) is 4.39 Å². The Balaban J connectivity index is 1.54. The second-order valence-corrected chi connectivity index (χ2v) is 4.84. The quantitative estimate of drug-likeness (QED) is 0.797. The molecule has 0 heterocycles. The number of nitrogens with one attached hydrogen (secondary N) is 1. The lowest BCUT2D eigenvalue weighted by molar-refractivity contribution is 0.619. The number of benzene rings is 1. The number of halogens is 1. The predicted molar refractivity (Wildman–Crippen MR) is 58.3 cm³/mol. The standard InChI is InChI=1S/C13H16FN/c14-11-3-1-9(2-4-11)13-7-10(13)8-15-12-5-6-12/h1-4,10,12-13,15H,5-8H2. The Morgan fingerprint density at radius 3 is 2.60 bits per heavy atom. The third-order valence-electron chi connectivity index (χ3n) is 3.47. The van der Waals surface area contributed by atoms with Gasteiger partial charge in [-0.25, -0.2) is 4.39 Å². The first kappa shape index (κ1) is 9.34. The summed E-state index contributed by atoms with van der Waals surface area (Å²) in [5.41, 5.74) is 1.30. The molecule has 80 valence electrons. The van der Waals surface area contributed by atoms with Crippen LogP contribution in [0.25, 0.3) is 0 Å². The van der Waals surface area contributed by atoms with Gasteiger partial charge in [-0.05, 0) is 55.3 Å². The van der Waals surface area contributed by atoms with Gasteiger partial charge in [0, 0.05) is 6.04 Å². The molecule has 2 heteroatoms. The van der Waals surface area contributed by atoms with Gasteiger partial charge in [0.15, 0.2) is 0 Å². The average molecular weight is 205 g/mol. The minimum Gasteiger partial charge on any atom is -0.314 e. The van der Waals surface area contributed by atoms with E-state index in [1.165, 1.54) is 24.8 Å². The minimum atomic E-state index is -0.132. The fraction of sp³-hybridized carbons (Fsp3) is 0.538. The zero-order valence-corrected chi connectivity index (χ0v) is 8.75. The summed E-state index contributed by atoms with van der Waals surface area (Å²) in [5.74, 6) is 1.33. The second kappa shape index (κ2) is 3.60. The molecule has 0 spiro atoms. The van der Waals surface area contributed by atoms with E-state index >= 15 is 0 Å². The zero-order valence-electron chi connectivity index (χ0n) is 8.75. The van der Waals surface area contributed by atoms with E-state index < -0.39 is 0 Å². The summed E-state index contributed by atoms with van der Waals surface area (Å²) in [7, 11) is 0. The summed E-state index contributed by atoms with van der Waals surface area (Å²) in [4.78, 5) is 0. The number of hydrogen-bond donors (Lipinski definition) is 1. The average Bonchev–Trinajstić information content (AvgIpc) is 3.12. The summed E-state index contributed by atoms with van der Waals surface area (Å²) < 4.78 is 12.7. The van der Waals surface area contributed by atoms with Crippen LogP contribution in [-0.4, -0.2) is 12.6 Å². The lowest BCUT2D eigenvalue weighted by atomic mass is 10.1. The first-order valence-corrected chi connectivity index (χ1v) is 5.82. The number of hydrogen-bond acceptors (Lipinski definition) is 1. The molecular weight excluding hydrogens is 189 g/mol. The van der Waals surface area contributed by atoms with Crippen molar-refractivity contribution in [2.24, 2.45) is 5.92 Å². The highest BCUT2D eigenvalue weighted by molar-refractivity contribution is 5.26. The van der Waals surface area contributed by atoms with Crippen molar-refractivity contribution in [3.05, 3.63) is 35.6 Å². The first-order chi connectivity index (χ1) is 7.33. The Kier molecular flexibility index (Phi) is 2.24. The summed E-state index contributed by atoms with van der Waals surface area (Å²) in [6.07, 6.45) is 3.98. The van der Waals surface area contributed by atoms with Crippen LogP contribution in [0.3, 0.4) is 0 Å². The molecule has 1 nitrogen and oxygen atoms in total. The largest absolute Gasteiger partial charge is 0.314 e. The Morgan fingerprint density at radius 2 is 1.93 bits per heavy atom. The molecule has 2 aliphatic rings. The molecule has 1 aromatic rings. The van der Waals surface area contributed by atoms with E-state index in [-0.39, 0.29) is 5.82 Å². The molecule has 0 bridgehead atoms. The molecule has 0 amide bonds. The molecule has 1 N–H and O–H groups in total. The van der Waals surface area contributed by atoms with E-state index in [4.69, 9.17) is 0 Å². The molecule has 0 aliphatic heterocycles. The van der Waals surface area contributed by atoms with Crippen molar-refractivity contribution < 1.29 is 4.39 Å². The van der Waals surface area contributed by atoms with Gasteiger partial charge in [-0.1, -0.05) is 12.1 Å². The molecule has 2 saturated carbocycles. The van der Waals surface area contributed by atoms with Gasteiger partial charge in [0.2, 0.25) is 0 Å². The third-order valence-corrected chi connectivity index (χ3v) is 3.47. The molecule has 0 aromatic heterocycles. The Bertz CT molecular complexity index is 342. The third kappa shape index (κ3) is 2.20. The molecule has 2 fully saturated rings. The normalized spacial score (nSPS) is 29.1. The molecule has 0 saturated heterocycles. The molecule has 2 unspecified atom stereocenters. The summed E-state index contributed by atoms with van der Waals surface area (Å²) >= 11 is 0. The Labute approximate surface area is 89.7 Å². The van der Waals surface area contributed by atoms with E-state index in [1.807, 2.05) is 12.1 Å². The zero-order chi connectivity index (χ0) is 10.3. The molecule has 0 radical (unpaired) electrons. The van der Waals surface area contributed by atoms with E-state index in [1.54, 1.807) is 12.1 Å². The number of rotatable bonds is 4. The molecule has 2 aliphatic carbocycles. The van der Waals surface area contributed by atoms with Crippen molar-refractivity contribution >= 4 is 0 Å². The van der Waals surface area contributed by atoms with Gasteiger partial charge in [-0.2, -0.15) is 0 Å². The molecule has 15 heavy (non-hydrogen) atoms. The Hall–Kier alpha value is -0.890. The van der Waals surface area contributed by atoms with Crippen molar-refractivity contribution in [3.8, 4) is 0 Å². The van der Waals surface area contributed by atoms with E-state index in [2.05, 4.69) is 5.32 Å². The van der Waals surface area contributed by atoms with Crippen LogP contribution >= 0.6 is 0 Å². The van der Waals surface area contributed by atoms with Crippen LogP contribution in [-0.2, 0) is 0 Å². The lowest BCUT2D eigenvalue weighted by Gasteiger charge is -2.02. The maximum Gasteiger partial charge on any atom is 0.123 e. The first-order valence-electron chi connectivity index (χ1n) is 5.82. The molecule has 2 atom stereocenters. The highest BCUT2D eigenvalue weighted by Crippen LogP contribution is 2.47. The highest BCUT2D eigenvalue weighted by Gasteiger charge is 2.38. The van der Waals surface area contributed by atoms with E-state index in [0.29, 0.717) is 5.92 Å². The topological polar surface area (TPSA) is 12.0 Å². The van der Waals surface area contributed by atoms with Crippen LogP contribution < -0.4 is 5.32 Å². The van der Waals surface area contributed by atoms with Crippen LogP contribution in [0.4, 0.5) is 4.39 Å². The van der Waals surface area contributed by atoms with Crippen molar-refractivity contribution in [2.45, 2.75) is 31.2 Å². The van der Waals surface area contributed by atoms with Crippen LogP contribution in [0.2, 0.25) is 0 Å². The minimum absolute atomic E-state index is 0.132. The SMILES string of the molecule is Fc1ccc(C2CC2CNC2CC2)cc1. The maximum atomic E-state index is 12.7. The fourth-order valence-electron chi connectivity index (χ4n) is 2.20. The van der Waals surface area contributed by atoms with Crippen molar-refractivity contribution in [3.63, 3.8) is 0 Å². The van der Waals surface area contributed by atoms with Crippen LogP contribution in [0.15, 0.2) is 24.3 Å². The van der Waals surface area contributed by atoms with Gasteiger partial charge in [0.1, 0.15) is 5.82 Å². The summed E-state index contributed by atoms with van der Waals surface area (Å²) in [5, 5.41) is 3.56. The Morgan fingerprint density at radius 1 is 1.20 bits per heavy atom. The second-order valence-electron chi connectivity index (χ2n) is 4.84. The van der Waals surface area contributed by atoms with Crippen molar-refractivity contribution in [1.82, 2.24) is 5.32 Å². The van der Waals surface area contributed by atoms with Crippen LogP contribution in [0, 0.1) is 11.7 Å². The van der Waals surface area contributed by atoms with E-state index in [0.717, 1.165) is 18.5 Å².